The summed E-state index contributed by atoms with van der Waals surface area (Å²) >= 11 is 0. The minimum absolute atomic E-state index is 0.0727. The summed E-state index contributed by atoms with van der Waals surface area (Å²) in [6.45, 7) is 4.79. The van der Waals surface area contributed by atoms with E-state index in [-0.39, 0.29) is 17.2 Å². The summed E-state index contributed by atoms with van der Waals surface area (Å²) in [5, 5.41) is 9.27. The molecular formula is C15H21NO5S. The Labute approximate surface area is 130 Å². The zero-order valence-electron chi connectivity index (χ0n) is 12.7. The highest BCUT2D eigenvalue weighted by molar-refractivity contribution is 7.89. The Kier molecular flexibility index (Phi) is 5.20. The molecular weight excluding hydrogens is 306 g/mol. The van der Waals surface area contributed by atoms with Gasteiger partial charge in [-0.25, -0.2) is 8.42 Å². The second-order valence-electron chi connectivity index (χ2n) is 5.72. The first-order valence-corrected chi connectivity index (χ1v) is 8.68. The maximum absolute atomic E-state index is 12.4. The van der Waals surface area contributed by atoms with Crippen molar-refractivity contribution in [3.8, 4) is 0 Å². The second-order valence-corrected chi connectivity index (χ2v) is 7.44. The van der Waals surface area contributed by atoms with E-state index in [0.717, 1.165) is 17.5 Å². The van der Waals surface area contributed by atoms with Gasteiger partial charge in [-0.15, -0.1) is 0 Å². The van der Waals surface area contributed by atoms with Crippen molar-refractivity contribution in [1.29, 1.82) is 0 Å². The molecule has 6 nitrogen and oxygen atoms in total. The zero-order chi connectivity index (χ0) is 16.3. The Morgan fingerprint density at radius 1 is 1.41 bits per heavy atom. The fourth-order valence-corrected chi connectivity index (χ4v) is 3.73. The molecule has 0 aliphatic carbocycles. The third-order valence-corrected chi connectivity index (χ3v) is 5.45. The molecule has 2 unspecified atom stereocenters. The number of nitrogens with one attached hydrogen (secondary N) is 1. The highest BCUT2D eigenvalue weighted by Crippen LogP contribution is 2.20. The van der Waals surface area contributed by atoms with Crippen molar-refractivity contribution < 1.29 is 23.1 Å². The Balaban J connectivity index is 2.16. The minimum atomic E-state index is -3.86. The van der Waals surface area contributed by atoms with Crippen LogP contribution in [0.2, 0.25) is 0 Å². The molecule has 1 fully saturated rings. The van der Waals surface area contributed by atoms with E-state index in [4.69, 9.17) is 4.74 Å². The van der Waals surface area contributed by atoms with Crippen LogP contribution in [0.3, 0.4) is 0 Å². The number of rotatable bonds is 6. The Hall–Kier alpha value is -1.44. The zero-order valence-corrected chi connectivity index (χ0v) is 13.5. The van der Waals surface area contributed by atoms with Gasteiger partial charge in [-0.2, -0.15) is 4.72 Å². The molecule has 1 aromatic carbocycles. The lowest BCUT2D eigenvalue weighted by Gasteiger charge is -2.18. The van der Waals surface area contributed by atoms with Gasteiger partial charge in [0.05, 0.1) is 4.90 Å². The molecule has 122 valence electrons. The topological polar surface area (TPSA) is 92.7 Å². The third-order valence-electron chi connectivity index (χ3n) is 3.98. The minimum Gasteiger partial charge on any atom is -0.480 e. The van der Waals surface area contributed by atoms with Gasteiger partial charge in [0.1, 0.15) is 6.04 Å². The van der Waals surface area contributed by atoms with Gasteiger partial charge < -0.3 is 9.84 Å². The van der Waals surface area contributed by atoms with Gasteiger partial charge in [0, 0.05) is 13.2 Å². The summed E-state index contributed by atoms with van der Waals surface area (Å²) < 4.78 is 32.3. The SMILES string of the molecule is Cc1ccc(S(=O)(=O)NC(CC2CCOC2)C(=O)O)cc1C. The molecule has 1 aromatic rings. The van der Waals surface area contributed by atoms with E-state index < -0.39 is 22.0 Å². The highest BCUT2D eigenvalue weighted by atomic mass is 32.2. The lowest BCUT2D eigenvalue weighted by Crippen LogP contribution is -2.42. The van der Waals surface area contributed by atoms with E-state index in [2.05, 4.69) is 4.72 Å². The van der Waals surface area contributed by atoms with Gasteiger partial charge in [0.25, 0.3) is 0 Å². The second kappa shape index (κ2) is 6.76. The van der Waals surface area contributed by atoms with Gasteiger partial charge in [0.2, 0.25) is 10.0 Å². The van der Waals surface area contributed by atoms with Crippen LogP contribution in [-0.4, -0.2) is 38.7 Å². The van der Waals surface area contributed by atoms with Crippen molar-refractivity contribution in [2.24, 2.45) is 5.92 Å². The normalized spacial score (nSPS) is 20.0. The van der Waals surface area contributed by atoms with Crippen LogP contribution in [0.25, 0.3) is 0 Å². The van der Waals surface area contributed by atoms with Crippen molar-refractivity contribution in [3.05, 3.63) is 29.3 Å². The summed E-state index contributed by atoms with van der Waals surface area (Å²) in [6.07, 6.45) is 0.995. The smallest absolute Gasteiger partial charge is 0.321 e. The summed E-state index contributed by atoms with van der Waals surface area (Å²) in [5.41, 5.74) is 1.83. The van der Waals surface area contributed by atoms with Gasteiger partial charge in [0.15, 0.2) is 0 Å². The van der Waals surface area contributed by atoms with Gasteiger partial charge in [-0.05, 0) is 55.9 Å². The summed E-state index contributed by atoms with van der Waals surface area (Å²) in [7, 11) is -3.86. The maximum atomic E-state index is 12.4. The molecule has 22 heavy (non-hydrogen) atoms. The van der Waals surface area contributed by atoms with Crippen LogP contribution in [0.5, 0.6) is 0 Å². The number of benzene rings is 1. The molecule has 1 saturated heterocycles. The van der Waals surface area contributed by atoms with E-state index in [0.29, 0.717) is 13.2 Å². The van der Waals surface area contributed by atoms with E-state index in [9.17, 15) is 18.3 Å². The molecule has 1 aliphatic heterocycles. The van der Waals surface area contributed by atoms with Crippen LogP contribution in [0, 0.1) is 19.8 Å². The molecule has 7 heteroatoms. The average molecular weight is 327 g/mol. The molecule has 0 saturated carbocycles. The van der Waals surface area contributed by atoms with Crippen LogP contribution < -0.4 is 4.72 Å². The average Bonchev–Trinajstić information content (AvgIpc) is 2.93. The number of carboxylic acids is 1. The number of carbonyl (C=O) groups is 1. The number of hydrogen-bond donors (Lipinski definition) is 2. The molecule has 0 amide bonds. The van der Waals surface area contributed by atoms with Gasteiger partial charge >= 0.3 is 5.97 Å². The predicted molar refractivity (Wildman–Crippen MR) is 81.2 cm³/mol. The van der Waals surface area contributed by atoms with Crippen LogP contribution in [-0.2, 0) is 19.6 Å². The van der Waals surface area contributed by atoms with Crippen molar-refractivity contribution in [3.63, 3.8) is 0 Å². The lowest BCUT2D eigenvalue weighted by atomic mass is 10.00. The van der Waals surface area contributed by atoms with E-state index in [1.54, 1.807) is 12.1 Å². The first-order valence-electron chi connectivity index (χ1n) is 7.20. The molecule has 2 atom stereocenters. The van der Waals surface area contributed by atoms with Gasteiger partial charge in [-0.1, -0.05) is 6.07 Å². The standard InChI is InChI=1S/C15H21NO5S/c1-10-3-4-13(7-11(10)2)22(19,20)16-14(15(17)18)8-12-5-6-21-9-12/h3-4,7,12,14,16H,5-6,8-9H2,1-2H3,(H,17,18). The van der Waals surface area contributed by atoms with Crippen molar-refractivity contribution >= 4 is 16.0 Å². The van der Waals surface area contributed by atoms with Crippen LogP contribution >= 0.6 is 0 Å². The summed E-state index contributed by atoms with van der Waals surface area (Å²) in [4.78, 5) is 11.4. The fraction of sp³-hybridized carbons (Fsp3) is 0.533. The molecule has 0 bridgehead atoms. The van der Waals surface area contributed by atoms with E-state index in [1.807, 2.05) is 13.8 Å². The number of sulfonamides is 1. The first kappa shape index (κ1) is 16.9. The molecule has 1 aliphatic rings. The fourth-order valence-electron chi connectivity index (χ4n) is 2.44. The number of carboxylic acid groups (broad SMARTS) is 1. The monoisotopic (exact) mass is 327 g/mol. The number of aryl methyl sites for hydroxylation is 2. The number of ether oxygens (including phenoxy) is 1. The maximum Gasteiger partial charge on any atom is 0.321 e. The third kappa shape index (κ3) is 4.06. The molecule has 2 N–H and O–H groups in total. The van der Waals surface area contributed by atoms with Gasteiger partial charge in [-0.3, -0.25) is 4.79 Å². The molecule has 0 aromatic heterocycles. The van der Waals surface area contributed by atoms with Crippen LogP contribution in [0.1, 0.15) is 24.0 Å². The largest absolute Gasteiger partial charge is 0.480 e. The van der Waals surface area contributed by atoms with Crippen LogP contribution in [0.15, 0.2) is 23.1 Å². The van der Waals surface area contributed by atoms with E-state index in [1.165, 1.54) is 6.07 Å². The summed E-state index contributed by atoms with van der Waals surface area (Å²) in [6, 6.07) is 3.61. The summed E-state index contributed by atoms with van der Waals surface area (Å²) in [5.74, 6) is -1.09. The Morgan fingerprint density at radius 3 is 2.68 bits per heavy atom. The number of aliphatic carboxylic acids is 1. The lowest BCUT2D eigenvalue weighted by molar-refractivity contribution is -0.139. The molecule has 2 rings (SSSR count). The Bertz CT molecular complexity index is 650. The predicted octanol–water partition coefficient (Wildman–Crippen LogP) is 1.46. The van der Waals surface area contributed by atoms with Crippen molar-refractivity contribution in [1.82, 2.24) is 4.72 Å². The molecule has 0 radical (unpaired) electrons. The van der Waals surface area contributed by atoms with Crippen molar-refractivity contribution in [2.75, 3.05) is 13.2 Å². The van der Waals surface area contributed by atoms with Crippen molar-refractivity contribution in [2.45, 2.75) is 37.6 Å². The molecule has 0 spiro atoms. The van der Waals surface area contributed by atoms with Crippen LogP contribution in [0.4, 0.5) is 0 Å². The number of hydrogen-bond acceptors (Lipinski definition) is 4. The molecule has 1 heterocycles. The quantitative estimate of drug-likeness (QED) is 0.825. The first-order chi connectivity index (χ1) is 10.3. The Morgan fingerprint density at radius 2 is 2.14 bits per heavy atom. The highest BCUT2D eigenvalue weighted by Gasteiger charge is 2.29. The van der Waals surface area contributed by atoms with E-state index >= 15 is 0 Å².